The Morgan fingerprint density at radius 1 is 1.63 bits per heavy atom. The number of rotatable bonds is 6. The molecule has 0 spiro atoms. The quantitative estimate of drug-likeness (QED) is 0.859. The number of imidazole rings is 1. The van der Waals surface area contributed by atoms with Gasteiger partial charge in [-0.25, -0.2) is 4.98 Å². The minimum absolute atomic E-state index is 0.0603. The van der Waals surface area contributed by atoms with Gasteiger partial charge in [-0.3, -0.25) is 0 Å². The Balaban J connectivity index is 2.03. The molecule has 1 aromatic heterocycles. The molecule has 2 rings (SSSR count). The fourth-order valence-electron chi connectivity index (χ4n) is 2.55. The molecule has 1 fully saturated rings. The van der Waals surface area contributed by atoms with Crippen molar-refractivity contribution in [2.45, 2.75) is 45.3 Å². The first-order chi connectivity index (χ1) is 9.04. The number of nitrogens with one attached hydrogen (secondary N) is 1. The van der Waals surface area contributed by atoms with Gasteiger partial charge in [0, 0.05) is 26.5 Å². The van der Waals surface area contributed by atoms with E-state index in [1.54, 1.807) is 7.11 Å². The van der Waals surface area contributed by atoms with Gasteiger partial charge >= 0.3 is 0 Å². The topological polar surface area (TPSA) is 48.3 Å². The molecule has 0 amide bonds. The Morgan fingerprint density at radius 2 is 2.42 bits per heavy atom. The first kappa shape index (κ1) is 14.3. The van der Waals surface area contributed by atoms with Crippen molar-refractivity contribution in [1.29, 1.82) is 0 Å². The summed E-state index contributed by atoms with van der Waals surface area (Å²) in [6.45, 7) is 8.64. The number of hydrogen-bond acceptors (Lipinski definition) is 4. The summed E-state index contributed by atoms with van der Waals surface area (Å²) < 4.78 is 13.1. The summed E-state index contributed by atoms with van der Waals surface area (Å²) in [6.07, 6.45) is 4.31. The Labute approximate surface area is 115 Å². The Morgan fingerprint density at radius 3 is 3.05 bits per heavy atom. The Hall–Kier alpha value is -1.07. The SMILES string of the molecule is COCC(C)n1cc(C)nc1NCC1(C)CCCO1. The van der Waals surface area contributed by atoms with E-state index < -0.39 is 0 Å². The van der Waals surface area contributed by atoms with E-state index >= 15 is 0 Å². The molecule has 5 heteroatoms. The number of aryl methyl sites for hydroxylation is 1. The highest BCUT2D eigenvalue weighted by molar-refractivity contribution is 5.30. The van der Waals surface area contributed by atoms with Crippen LogP contribution in [-0.4, -0.2) is 42.0 Å². The van der Waals surface area contributed by atoms with Crippen LogP contribution in [0.25, 0.3) is 0 Å². The molecule has 2 atom stereocenters. The van der Waals surface area contributed by atoms with E-state index in [0.29, 0.717) is 6.61 Å². The molecule has 108 valence electrons. The van der Waals surface area contributed by atoms with Crippen LogP contribution in [0.4, 0.5) is 5.95 Å². The maximum Gasteiger partial charge on any atom is 0.203 e. The van der Waals surface area contributed by atoms with Gasteiger partial charge in [0.2, 0.25) is 5.95 Å². The van der Waals surface area contributed by atoms with Crippen LogP contribution < -0.4 is 5.32 Å². The summed E-state index contributed by atoms with van der Waals surface area (Å²) >= 11 is 0. The first-order valence-corrected chi connectivity index (χ1v) is 6.96. The summed E-state index contributed by atoms with van der Waals surface area (Å²) in [5, 5.41) is 3.43. The fourth-order valence-corrected chi connectivity index (χ4v) is 2.55. The van der Waals surface area contributed by atoms with Crippen molar-refractivity contribution in [3.05, 3.63) is 11.9 Å². The minimum Gasteiger partial charge on any atom is -0.383 e. The average molecular weight is 267 g/mol. The molecule has 1 saturated heterocycles. The zero-order chi connectivity index (χ0) is 13.9. The van der Waals surface area contributed by atoms with Gasteiger partial charge in [-0.15, -0.1) is 0 Å². The molecule has 0 radical (unpaired) electrons. The zero-order valence-corrected chi connectivity index (χ0v) is 12.4. The third-order valence-electron chi connectivity index (χ3n) is 3.66. The number of methoxy groups -OCH3 is 1. The average Bonchev–Trinajstić information content (AvgIpc) is 2.94. The van der Waals surface area contributed by atoms with Crippen molar-refractivity contribution in [3.63, 3.8) is 0 Å². The van der Waals surface area contributed by atoms with Gasteiger partial charge < -0.3 is 19.4 Å². The lowest BCUT2D eigenvalue weighted by Gasteiger charge is -2.24. The summed E-state index contributed by atoms with van der Waals surface area (Å²) in [4.78, 5) is 4.55. The van der Waals surface area contributed by atoms with Crippen molar-refractivity contribution in [2.75, 3.05) is 32.2 Å². The predicted molar refractivity (Wildman–Crippen MR) is 75.6 cm³/mol. The molecule has 0 saturated carbocycles. The predicted octanol–water partition coefficient (Wildman–Crippen LogP) is 2.38. The van der Waals surface area contributed by atoms with Crippen LogP contribution >= 0.6 is 0 Å². The molecule has 0 aromatic carbocycles. The standard InChI is InChI=1S/C14H25N3O2/c1-11-8-17(12(2)9-18-4)13(16-11)15-10-14(3)6-5-7-19-14/h8,12H,5-7,9-10H2,1-4H3,(H,15,16). The highest BCUT2D eigenvalue weighted by Crippen LogP contribution is 2.26. The second-order valence-electron chi connectivity index (χ2n) is 5.67. The number of hydrogen-bond donors (Lipinski definition) is 1. The number of aromatic nitrogens is 2. The van der Waals surface area contributed by atoms with Crippen molar-refractivity contribution >= 4 is 5.95 Å². The summed E-state index contributed by atoms with van der Waals surface area (Å²) in [5.41, 5.74) is 0.956. The van der Waals surface area contributed by atoms with E-state index in [0.717, 1.165) is 37.6 Å². The second kappa shape index (κ2) is 5.92. The zero-order valence-electron chi connectivity index (χ0n) is 12.4. The molecule has 1 N–H and O–H groups in total. The van der Waals surface area contributed by atoms with Gasteiger partial charge in [-0.05, 0) is 33.6 Å². The van der Waals surface area contributed by atoms with Crippen molar-refractivity contribution in [3.8, 4) is 0 Å². The lowest BCUT2D eigenvalue weighted by Crippen LogP contribution is -2.33. The van der Waals surface area contributed by atoms with Crippen molar-refractivity contribution < 1.29 is 9.47 Å². The third kappa shape index (κ3) is 3.48. The van der Waals surface area contributed by atoms with E-state index in [9.17, 15) is 0 Å². The highest BCUT2D eigenvalue weighted by atomic mass is 16.5. The van der Waals surface area contributed by atoms with Crippen LogP contribution in [0.3, 0.4) is 0 Å². The molecule has 0 bridgehead atoms. The highest BCUT2D eigenvalue weighted by Gasteiger charge is 2.30. The van der Waals surface area contributed by atoms with Gasteiger partial charge in [0.1, 0.15) is 0 Å². The Kier molecular flexibility index (Phi) is 4.47. The van der Waals surface area contributed by atoms with Crippen LogP contribution in [0.15, 0.2) is 6.20 Å². The van der Waals surface area contributed by atoms with Crippen LogP contribution in [0.2, 0.25) is 0 Å². The molecule has 0 aliphatic carbocycles. The lowest BCUT2D eigenvalue weighted by molar-refractivity contribution is 0.0313. The molecule has 1 aromatic rings. The molecular weight excluding hydrogens is 242 g/mol. The third-order valence-corrected chi connectivity index (χ3v) is 3.66. The number of nitrogens with zero attached hydrogens (tertiary/aromatic N) is 2. The monoisotopic (exact) mass is 267 g/mol. The molecular formula is C14H25N3O2. The van der Waals surface area contributed by atoms with E-state index in [1.165, 1.54) is 0 Å². The molecule has 2 unspecified atom stereocenters. The molecule has 1 aliphatic heterocycles. The van der Waals surface area contributed by atoms with Gasteiger partial charge in [0.15, 0.2) is 0 Å². The van der Waals surface area contributed by atoms with E-state index in [1.807, 2.05) is 6.92 Å². The van der Waals surface area contributed by atoms with Gasteiger partial charge in [-0.2, -0.15) is 0 Å². The lowest BCUT2D eigenvalue weighted by atomic mass is 10.0. The maximum absolute atomic E-state index is 5.79. The summed E-state index contributed by atoms with van der Waals surface area (Å²) in [5.74, 6) is 0.902. The first-order valence-electron chi connectivity index (χ1n) is 6.96. The maximum atomic E-state index is 5.79. The van der Waals surface area contributed by atoms with Crippen LogP contribution in [0.1, 0.15) is 38.4 Å². The minimum atomic E-state index is -0.0603. The Bertz CT molecular complexity index is 411. The van der Waals surface area contributed by atoms with E-state index in [4.69, 9.17) is 9.47 Å². The molecule has 1 aliphatic rings. The summed E-state index contributed by atoms with van der Waals surface area (Å²) in [7, 11) is 1.72. The number of anilines is 1. The van der Waals surface area contributed by atoms with Crippen LogP contribution in [-0.2, 0) is 9.47 Å². The van der Waals surface area contributed by atoms with Crippen LogP contribution in [0, 0.1) is 6.92 Å². The summed E-state index contributed by atoms with van der Waals surface area (Å²) in [6, 6.07) is 0.269. The van der Waals surface area contributed by atoms with Gasteiger partial charge in [0.25, 0.3) is 0 Å². The normalized spacial score (nSPS) is 24.6. The number of ether oxygens (including phenoxy) is 2. The van der Waals surface area contributed by atoms with Gasteiger partial charge in [0.05, 0.1) is 23.9 Å². The van der Waals surface area contributed by atoms with E-state index in [-0.39, 0.29) is 11.6 Å². The van der Waals surface area contributed by atoms with Gasteiger partial charge in [-0.1, -0.05) is 0 Å². The molecule has 5 nitrogen and oxygen atoms in total. The smallest absolute Gasteiger partial charge is 0.203 e. The van der Waals surface area contributed by atoms with Crippen molar-refractivity contribution in [2.24, 2.45) is 0 Å². The molecule has 2 heterocycles. The van der Waals surface area contributed by atoms with E-state index in [2.05, 4.69) is 34.9 Å². The second-order valence-corrected chi connectivity index (χ2v) is 5.67. The fraction of sp³-hybridized carbons (Fsp3) is 0.786. The molecule has 19 heavy (non-hydrogen) atoms. The van der Waals surface area contributed by atoms with Crippen molar-refractivity contribution in [1.82, 2.24) is 9.55 Å². The largest absolute Gasteiger partial charge is 0.383 e. The van der Waals surface area contributed by atoms with Crippen LogP contribution in [0.5, 0.6) is 0 Å².